The third kappa shape index (κ3) is 5.39. The van der Waals surface area contributed by atoms with Gasteiger partial charge in [-0.1, -0.05) is 48.4 Å². The van der Waals surface area contributed by atoms with Gasteiger partial charge in [0, 0.05) is 18.7 Å². The molecule has 0 unspecified atom stereocenters. The number of halogens is 1. The number of nitrogens with two attached hydrogens (primary N) is 1. The molecule has 1 aromatic heterocycles. The van der Waals surface area contributed by atoms with Crippen LogP contribution in [-0.4, -0.2) is 48.4 Å². The fourth-order valence-electron chi connectivity index (χ4n) is 4.07. The SMILES string of the molecule is CCc1nc2cc(S(N)(=O)=O)c(Cl)cc2n1-c1ccc(CCN(C(=O)O)S(=O)(=O)c2ccc(C)cc2)cc1. The highest BCUT2D eigenvalue weighted by Gasteiger charge is 2.28. The lowest BCUT2D eigenvalue weighted by Gasteiger charge is -2.19. The van der Waals surface area contributed by atoms with E-state index in [4.69, 9.17) is 16.7 Å². The molecule has 200 valence electrons. The number of aryl methyl sites for hydroxylation is 2. The maximum atomic E-state index is 12.9. The maximum absolute atomic E-state index is 12.9. The van der Waals surface area contributed by atoms with Gasteiger partial charge in [0.1, 0.15) is 10.7 Å². The van der Waals surface area contributed by atoms with E-state index in [1.165, 1.54) is 24.3 Å². The number of carbonyl (C=O) groups is 1. The third-order valence-electron chi connectivity index (χ3n) is 6.02. The molecule has 0 bridgehead atoms. The second kappa shape index (κ2) is 10.4. The predicted octanol–water partition coefficient (Wildman–Crippen LogP) is 4.11. The van der Waals surface area contributed by atoms with Gasteiger partial charge in [0.2, 0.25) is 10.0 Å². The van der Waals surface area contributed by atoms with Crippen LogP contribution >= 0.6 is 11.6 Å². The highest BCUT2D eigenvalue weighted by atomic mass is 35.5. The Morgan fingerprint density at radius 1 is 1.05 bits per heavy atom. The van der Waals surface area contributed by atoms with Crippen LogP contribution in [0.2, 0.25) is 5.02 Å². The van der Waals surface area contributed by atoms with E-state index in [0.717, 1.165) is 16.8 Å². The minimum Gasteiger partial charge on any atom is -0.464 e. The summed E-state index contributed by atoms with van der Waals surface area (Å²) in [6.45, 7) is 3.45. The number of imidazole rings is 1. The molecule has 13 heteroatoms. The number of hydrogen-bond donors (Lipinski definition) is 2. The van der Waals surface area contributed by atoms with Gasteiger partial charge in [-0.05, 0) is 55.3 Å². The topological polar surface area (TPSA) is 153 Å². The molecule has 1 amide bonds. The number of fused-ring (bicyclic) bond motifs is 1. The van der Waals surface area contributed by atoms with Crippen molar-refractivity contribution in [3.63, 3.8) is 0 Å². The standard InChI is InChI=1S/C25H25ClN4O6S2/c1-3-24-28-21-15-23(37(27,33)34)20(26)14-22(21)30(24)18-8-6-17(7-9-18)12-13-29(25(31)32)38(35,36)19-10-4-16(2)5-11-19/h4-11,14-15H,3,12-13H2,1-2H3,(H,31,32)(H2,27,33,34). The van der Waals surface area contributed by atoms with Gasteiger partial charge in [-0.3, -0.25) is 4.57 Å². The van der Waals surface area contributed by atoms with Crippen LogP contribution in [0.15, 0.2) is 70.5 Å². The summed E-state index contributed by atoms with van der Waals surface area (Å²) in [5.41, 5.74) is 3.30. The number of carboxylic acid groups (broad SMARTS) is 1. The van der Waals surface area contributed by atoms with Gasteiger partial charge in [0.15, 0.2) is 0 Å². The summed E-state index contributed by atoms with van der Waals surface area (Å²) in [5, 5.41) is 14.8. The third-order valence-corrected chi connectivity index (χ3v) is 9.18. The maximum Gasteiger partial charge on any atom is 0.421 e. The number of benzene rings is 3. The quantitative estimate of drug-likeness (QED) is 0.320. The number of nitrogens with zero attached hydrogens (tertiary/aromatic N) is 3. The normalized spacial score (nSPS) is 12.1. The van der Waals surface area contributed by atoms with Gasteiger partial charge in [-0.2, -0.15) is 0 Å². The van der Waals surface area contributed by atoms with Crippen molar-refractivity contribution in [3.8, 4) is 5.69 Å². The molecule has 0 spiro atoms. The molecule has 38 heavy (non-hydrogen) atoms. The van der Waals surface area contributed by atoms with Crippen LogP contribution in [0.25, 0.3) is 16.7 Å². The van der Waals surface area contributed by atoms with Crippen molar-refractivity contribution in [2.45, 2.75) is 36.5 Å². The van der Waals surface area contributed by atoms with Crippen LogP contribution in [0.3, 0.4) is 0 Å². The van der Waals surface area contributed by atoms with E-state index in [0.29, 0.717) is 27.6 Å². The molecule has 0 atom stereocenters. The first-order valence-corrected chi connectivity index (χ1v) is 14.8. The van der Waals surface area contributed by atoms with E-state index < -0.39 is 26.1 Å². The van der Waals surface area contributed by atoms with Crippen molar-refractivity contribution >= 4 is 48.8 Å². The molecule has 3 aromatic carbocycles. The highest BCUT2D eigenvalue weighted by Crippen LogP contribution is 2.30. The molecule has 1 heterocycles. The van der Waals surface area contributed by atoms with Gasteiger partial charge >= 0.3 is 6.09 Å². The van der Waals surface area contributed by atoms with Crippen molar-refractivity contribution in [3.05, 3.63) is 82.6 Å². The molecule has 0 saturated heterocycles. The Hall–Kier alpha value is -3.45. The molecule has 0 saturated carbocycles. The summed E-state index contributed by atoms with van der Waals surface area (Å²) in [4.78, 5) is 16.0. The molecule has 0 aliphatic carbocycles. The Bertz CT molecular complexity index is 1730. The van der Waals surface area contributed by atoms with E-state index in [2.05, 4.69) is 4.98 Å². The summed E-state index contributed by atoms with van der Waals surface area (Å²) in [6.07, 6.45) is -0.856. The summed E-state index contributed by atoms with van der Waals surface area (Å²) in [5.74, 6) is 0.664. The van der Waals surface area contributed by atoms with E-state index >= 15 is 0 Å². The molecule has 0 aliphatic heterocycles. The average molecular weight is 577 g/mol. The fraction of sp³-hybridized carbons (Fsp3) is 0.200. The van der Waals surface area contributed by atoms with Crippen LogP contribution < -0.4 is 5.14 Å². The lowest BCUT2D eigenvalue weighted by molar-refractivity contribution is 0.172. The van der Waals surface area contributed by atoms with Crippen LogP contribution in [0.1, 0.15) is 23.9 Å². The van der Waals surface area contributed by atoms with Crippen LogP contribution in [0.5, 0.6) is 0 Å². The van der Waals surface area contributed by atoms with Crippen LogP contribution in [-0.2, 0) is 32.9 Å². The summed E-state index contributed by atoms with van der Waals surface area (Å²) >= 11 is 6.21. The number of aromatic nitrogens is 2. The number of hydrogen-bond acceptors (Lipinski definition) is 6. The Labute approximate surface area is 225 Å². The first-order chi connectivity index (χ1) is 17.8. The molecular weight excluding hydrogens is 552 g/mol. The second-order valence-corrected chi connectivity index (χ2v) is 12.4. The number of primary sulfonamides is 1. The summed E-state index contributed by atoms with van der Waals surface area (Å²) < 4.78 is 51.8. The predicted molar refractivity (Wildman–Crippen MR) is 144 cm³/mol. The van der Waals surface area contributed by atoms with Gasteiger partial charge in [0.25, 0.3) is 10.0 Å². The van der Waals surface area contributed by atoms with Crippen molar-refractivity contribution in [2.75, 3.05) is 6.54 Å². The Kier molecular flexibility index (Phi) is 7.53. The monoisotopic (exact) mass is 576 g/mol. The van der Waals surface area contributed by atoms with Gasteiger partial charge in [-0.15, -0.1) is 0 Å². The van der Waals surface area contributed by atoms with Crippen LogP contribution in [0.4, 0.5) is 4.79 Å². The lowest BCUT2D eigenvalue weighted by Crippen LogP contribution is -2.37. The van der Waals surface area contributed by atoms with E-state index in [9.17, 15) is 26.7 Å². The molecule has 0 aliphatic rings. The molecule has 0 radical (unpaired) electrons. The molecule has 4 aromatic rings. The van der Waals surface area contributed by atoms with Gasteiger partial charge < -0.3 is 5.11 Å². The van der Waals surface area contributed by atoms with Crippen molar-refractivity contribution < 1.29 is 26.7 Å². The first kappa shape index (κ1) is 27.6. The Morgan fingerprint density at radius 2 is 1.68 bits per heavy atom. The van der Waals surface area contributed by atoms with Gasteiger partial charge in [0.05, 0.1) is 21.0 Å². The summed E-state index contributed by atoms with van der Waals surface area (Å²) in [6, 6.07) is 15.9. The van der Waals surface area contributed by atoms with E-state index in [1.807, 2.05) is 18.4 Å². The van der Waals surface area contributed by atoms with Crippen molar-refractivity contribution in [2.24, 2.45) is 5.14 Å². The number of sulfonamides is 2. The zero-order valence-corrected chi connectivity index (χ0v) is 22.9. The van der Waals surface area contributed by atoms with E-state index in [-0.39, 0.29) is 27.8 Å². The highest BCUT2D eigenvalue weighted by molar-refractivity contribution is 7.89. The molecule has 0 fully saturated rings. The minimum absolute atomic E-state index is 0.0241. The first-order valence-electron chi connectivity index (χ1n) is 11.5. The molecule has 4 rings (SSSR count). The Balaban J connectivity index is 1.62. The smallest absolute Gasteiger partial charge is 0.421 e. The largest absolute Gasteiger partial charge is 0.464 e. The lowest BCUT2D eigenvalue weighted by atomic mass is 10.1. The molecular formula is C25H25ClN4O6S2. The minimum atomic E-state index is -4.23. The van der Waals surface area contributed by atoms with Crippen LogP contribution in [0, 0.1) is 6.92 Å². The van der Waals surface area contributed by atoms with Crippen molar-refractivity contribution in [1.29, 1.82) is 0 Å². The molecule has 10 nitrogen and oxygen atoms in total. The number of amides is 1. The number of rotatable bonds is 8. The van der Waals surface area contributed by atoms with E-state index in [1.54, 1.807) is 36.4 Å². The molecule has 3 N–H and O–H groups in total. The van der Waals surface area contributed by atoms with Gasteiger partial charge in [-0.25, -0.2) is 36.1 Å². The van der Waals surface area contributed by atoms with Crippen molar-refractivity contribution in [1.82, 2.24) is 13.9 Å². The average Bonchev–Trinajstić information content (AvgIpc) is 3.21. The fourth-order valence-corrected chi connectivity index (χ4v) is 6.43. The zero-order chi connectivity index (χ0) is 27.8. The Morgan fingerprint density at radius 3 is 2.24 bits per heavy atom. The summed E-state index contributed by atoms with van der Waals surface area (Å²) in [7, 11) is -8.25. The zero-order valence-electron chi connectivity index (χ0n) is 20.5. The second-order valence-electron chi connectivity index (χ2n) is 8.62.